The molecule has 0 aliphatic heterocycles. The van der Waals surface area contributed by atoms with E-state index >= 15 is 0 Å². The zero-order valence-corrected chi connectivity index (χ0v) is 10.7. The van der Waals surface area contributed by atoms with Gasteiger partial charge in [0.1, 0.15) is 16.6 Å². The lowest BCUT2D eigenvalue weighted by Gasteiger charge is -2.08. The zero-order valence-electron chi connectivity index (χ0n) is 9.23. The number of benzene rings is 1. The van der Waals surface area contributed by atoms with Crippen LogP contribution >= 0.6 is 23.2 Å². The first-order valence-electron chi connectivity index (χ1n) is 4.99. The van der Waals surface area contributed by atoms with Crippen molar-refractivity contribution in [2.24, 2.45) is 0 Å². The average molecular weight is 302 g/mol. The molecule has 98 valence electrons. The van der Waals surface area contributed by atoms with E-state index in [4.69, 9.17) is 33.0 Å². The molecule has 0 aliphatic rings. The van der Waals surface area contributed by atoms with Crippen LogP contribution in [0.5, 0.6) is 11.6 Å². The van der Waals surface area contributed by atoms with Gasteiger partial charge in [0.05, 0.1) is 10.6 Å². The number of ether oxygens (including phenoxy) is 1. The molecule has 1 heterocycles. The third kappa shape index (κ3) is 2.94. The fourth-order valence-corrected chi connectivity index (χ4v) is 1.71. The fraction of sp³-hybridized carbons (Fsp3) is 0. The molecule has 0 amide bonds. The SMILES string of the molecule is O=C(O)c1ccnc(Oc2ccc(F)c(Cl)c2)c1Cl. The molecule has 2 rings (SSSR count). The number of carboxylic acids is 1. The number of carboxylic acid groups (broad SMARTS) is 1. The van der Waals surface area contributed by atoms with Gasteiger partial charge >= 0.3 is 5.97 Å². The Labute approximate surface area is 117 Å². The van der Waals surface area contributed by atoms with Crippen LogP contribution in [0, 0.1) is 5.82 Å². The molecule has 19 heavy (non-hydrogen) atoms. The molecule has 4 nitrogen and oxygen atoms in total. The van der Waals surface area contributed by atoms with Crippen molar-refractivity contribution in [3.8, 4) is 11.6 Å². The minimum Gasteiger partial charge on any atom is -0.478 e. The number of aromatic carboxylic acids is 1. The summed E-state index contributed by atoms with van der Waals surface area (Å²) >= 11 is 11.4. The third-order valence-corrected chi connectivity index (χ3v) is 2.85. The van der Waals surface area contributed by atoms with Crippen LogP contribution < -0.4 is 4.74 Å². The predicted octanol–water partition coefficient (Wildman–Crippen LogP) is 4.02. The van der Waals surface area contributed by atoms with E-state index in [1.54, 1.807) is 0 Å². The number of hydrogen-bond donors (Lipinski definition) is 1. The first-order chi connectivity index (χ1) is 8.99. The van der Waals surface area contributed by atoms with Gasteiger partial charge in [-0.15, -0.1) is 0 Å². The maximum atomic E-state index is 13.0. The van der Waals surface area contributed by atoms with E-state index in [1.807, 2.05) is 0 Å². The number of rotatable bonds is 3. The van der Waals surface area contributed by atoms with E-state index in [0.717, 1.165) is 6.07 Å². The van der Waals surface area contributed by atoms with Crippen molar-refractivity contribution in [3.05, 3.63) is 51.9 Å². The van der Waals surface area contributed by atoms with E-state index < -0.39 is 11.8 Å². The number of carbonyl (C=O) groups is 1. The number of pyridine rings is 1. The summed E-state index contributed by atoms with van der Waals surface area (Å²) < 4.78 is 18.3. The van der Waals surface area contributed by atoms with Gasteiger partial charge in [0.25, 0.3) is 0 Å². The molecule has 1 N–H and O–H groups in total. The summed E-state index contributed by atoms with van der Waals surface area (Å²) in [6, 6.07) is 4.93. The molecule has 1 aromatic carbocycles. The lowest BCUT2D eigenvalue weighted by atomic mass is 10.2. The van der Waals surface area contributed by atoms with Gasteiger partial charge in [-0.1, -0.05) is 23.2 Å². The largest absolute Gasteiger partial charge is 0.478 e. The van der Waals surface area contributed by atoms with E-state index in [-0.39, 0.29) is 27.2 Å². The van der Waals surface area contributed by atoms with Crippen LogP contribution in [0.2, 0.25) is 10.0 Å². The molecule has 0 unspecified atom stereocenters. The second kappa shape index (κ2) is 5.42. The van der Waals surface area contributed by atoms with Gasteiger partial charge in [0.2, 0.25) is 5.88 Å². The molecule has 0 spiro atoms. The van der Waals surface area contributed by atoms with Crippen molar-refractivity contribution in [1.29, 1.82) is 0 Å². The Kier molecular flexibility index (Phi) is 3.87. The fourth-order valence-electron chi connectivity index (χ4n) is 1.31. The molecule has 0 saturated carbocycles. The molecule has 0 aliphatic carbocycles. The lowest BCUT2D eigenvalue weighted by Crippen LogP contribution is -2.00. The predicted molar refractivity (Wildman–Crippen MR) is 67.7 cm³/mol. The zero-order chi connectivity index (χ0) is 14.0. The van der Waals surface area contributed by atoms with Crippen LogP contribution in [0.15, 0.2) is 30.5 Å². The summed E-state index contributed by atoms with van der Waals surface area (Å²) in [5.41, 5.74) is -0.139. The highest BCUT2D eigenvalue weighted by molar-refractivity contribution is 6.34. The minimum absolute atomic E-state index is 0.0933. The summed E-state index contributed by atoms with van der Waals surface area (Å²) in [5.74, 6) is -1.69. The molecule has 0 radical (unpaired) electrons. The lowest BCUT2D eigenvalue weighted by molar-refractivity contribution is 0.0696. The van der Waals surface area contributed by atoms with Gasteiger partial charge in [0, 0.05) is 12.3 Å². The van der Waals surface area contributed by atoms with Gasteiger partial charge in [0.15, 0.2) is 0 Å². The Morgan fingerprint density at radius 3 is 2.68 bits per heavy atom. The minimum atomic E-state index is -1.20. The van der Waals surface area contributed by atoms with Crippen LogP contribution in [0.3, 0.4) is 0 Å². The summed E-state index contributed by atoms with van der Waals surface area (Å²) in [5, 5.41) is 8.63. The average Bonchev–Trinajstić information content (AvgIpc) is 2.36. The summed E-state index contributed by atoms with van der Waals surface area (Å²) in [6.07, 6.45) is 1.25. The molecule has 0 fully saturated rings. The molecule has 0 bridgehead atoms. The van der Waals surface area contributed by atoms with Gasteiger partial charge in [-0.2, -0.15) is 0 Å². The van der Waals surface area contributed by atoms with Crippen molar-refractivity contribution < 1.29 is 19.0 Å². The first-order valence-corrected chi connectivity index (χ1v) is 5.75. The monoisotopic (exact) mass is 301 g/mol. The van der Waals surface area contributed by atoms with E-state index in [0.29, 0.717) is 0 Å². The van der Waals surface area contributed by atoms with Gasteiger partial charge < -0.3 is 9.84 Å². The molecule has 1 aromatic heterocycles. The Balaban J connectivity index is 2.35. The topological polar surface area (TPSA) is 59.4 Å². The number of aromatic nitrogens is 1. The summed E-state index contributed by atoms with van der Waals surface area (Å²) in [6.45, 7) is 0. The second-order valence-electron chi connectivity index (χ2n) is 3.46. The van der Waals surface area contributed by atoms with Crippen molar-refractivity contribution in [2.45, 2.75) is 0 Å². The maximum Gasteiger partial charge on any atom is 0.337 e. The highest BCUT2D eigenvalue weighted by atomic mass is 35.5. The standard InChI is InChI=1S/C12H6Cl2FNO3/c13-8-5-6(1-2-9(8)15)19-11-10(14)7(12(17)18)3-4-16-11/h1-5H,(H,17,18). The van der Waals surface area contributed by atoms with Crippen molar-refractivity contribution in [1.82, 2.24) is 4.98 Å². The molecular weight excluding hydrogens is 296 g/mol. The van der Waals surface area contributed by atoms with E-state index in [1.165, 1.54) is 24.4 Å². The number of halogens is 3. The third-order valence-electron chi connectivity index (χ3n) is 2.19. The molecule has 2 aromatic rings. The summed E-state index contributed by atoms with van der Waals surface area (Å²) in [7, 11) is 0. The quantitative estimate of drug-likeness (QED) is 0.930. The Morgan fingerprint density at radius 1 is 1.32 bits per heavy atom. The van der Waals surface area contributed by atoms with Crippen LogP contribution in [0.4, 0.5) is 4.39 Å². The second-order valence-corrected chi connectivity index (χ2v) is 4.25. The van der Waals surface area contributed by atoms with E-state index in [2.05, 4.69) is 4.98 Å². The Bertz CT molecular complexity index is 649. The normalized spacial score (nSPS) is 10.3. The smallest absolute Gasteiger partial charge is 0.337 e. The molecular formula is C12H6Cl2FNO3. The van der Waals surface area contributed by atoms with Gasteiger partial charge in [-0.05, 0) is 18.2 Å². The van der Waals surface area contributed by atoms with Crippen LogP contribution in [0.1, 0.15) is 10.4 Å². The number of hydrogen-bond acceptors (Lipinski definition) is 3. The van der Waals surface area contributed by atoms with E-state index in [9.17, 15) is 9.18 Å². The first kappa shape index (κ1) is 13.6. The Morgan fingerprint density at radius 2 is 2.05 bits per heavy atom. The van der Waals surface area contributed by atoms with Crippen molar-refractivity contribution in [2.75, 3.05) is 0 Å². The maximum absolute atomic E-state index is 13.0. The highest BCUT2D eigenvalue weighted by Gasteiger charge is 2.15. The van der Waals surface area contributed by atoms with Crippen LogP contribution in [-0.2, 0) is 0 Å². The van der Waals surface area contributed by atoms with Crippen LogP contribution in [-0.4, -0.2) is 16.1 Å². The molecule has 0 atom stereocenters. The number of nitrogens with zero attached hydrogens (tertiary/aromatic N) is 1. The van der Waals surface area contributed by atoms with Crippen molar-refractivity contribution in [3.63, 3.8) is 0 Å². The summed E-state index contributed by atoms with van der Waals surface area (Å²) in [4.78, 5) is 14.7. The Hall–Kier alpha value is -1.85. The van der Waals surface area contributed by atoms with Crippen molar-refractivity contribution >= 4 is 29.2 Å². The highest BCUT2D eigenvalue weighted by Crippen LogP contribution is 2.31. The van der Waals surface area contributed by atoms with Crippen LogP contribution in [0.25, 0.3) is 0 Å². The van der Waals surface area contributed by atoms with Gasteiger partial charge in [-0.25, -0.2) is 14.2 Å². The molecule has 0 saturated heterocycles. The molecule has 7 heteroatoms. The van der Waals surface area contributed by atoms with Gasteiger partial charge in [-0.3, -0.25) is 0 Å².